The van der Waals surface area contributed by atoms with Crippen molar-refractivity contribution in [1.29, 1.82) is 0 Å². The first kappa shape index (κ1) is 19.7. The molecule has 5 rings (SSSR count). The van der Waals surface area contributed by atoms with Crippen molar-refractivity contribution in [2.45, 2.75) is 25.5 Å². The molecule has 0 bridgehead atoms. The van der Waals surface area contributed by atoms with Gasteiger partial charge >= 0.3 is 0 Å². The Morgan fingerprint density at radius 2 is 1.90 bits per heavy atom. The molecule has 0 fully saturated rings. The van der Waals surface area contributed by atoms with Crippen molar-refractivity contribution >= 4 is 6.08 Å². The summed E-state index contributed by atoms with van der Waals surface area (Å²) in [6.45, 7) is 2.24. The molecule has 0 saturated carbocycles. The van der Waals surface area contributed by atoms with Crippen molar-refractivity contribution < 1.29 is 14.2 Å². The number of ether oxygens (including phenoxy) is 3. The molecule has 0 radical (unpaired) electrons. The smallest absolute Gasteiger partial charge is 0.161 e. The number of rotatable bonds is 6. The molecule has 2 aliphatic rings. The molecular weight excluding hydrogens is 386 g/mol. The minimum absolute atomic E-state index is 0.134. The van der Waals surface area contributed by atoms with Gasteiger partial charge in [-0.3, -0.25) is 0 Å². The van der Waals surface area contributed by atoms with Gasteiger partial charge in [0, 0.05) is 13.0 Å². The van der Waals surface area contributed by atoms with Crippen LogP contribution in [0.4, 0.5) is 0 Å². The molecule has 1 atom stereocenters. The van der Waals surface area contributed by atoms with Gasteiger partial charge in [0.25, 0.3) is 0 Å². The molecule has 3 aromatic rings. The van der Waals surface area contributed by atoms with E-state index in [2.05, 4.69) is 59.9 Å². The standard InChI is InChI=1S/C27H27NO3/c1-29-26-17-23-22(16-27(26)31-18-20-5-3-2-4-6-20)11-13-28-24(23)10-8-19-7-9-21-12-14-30-25(21)15-19/h2-10,15-17,24,28H,11-14,18H2,1H3/b10-8+. The van der Waals surface area contributed by atoms with Gasteiger partial charge in [-0.15, -0.1) is 0 Å². The summed E-state index contributed by atoms with van der Waals surface area (Å²) in [6, 6.07) is 21.1. The molecule has 31 heavy (non-hydrogen) atoms. The van der Waals surface area contributed by atoms with Crippen LogP contribution in [0.15, 0.2) is 66.7 Å². The fraction of sp³-hybridized carbons (Fsp3) is 0.259. The van der Waals surface area contributed by atoms with Crippen molar-refractivity contribution in [2.75, 3.05) is 20.3 Å². The molecule has 2 aliphatic heterocycles. The first-order valence-corrected chi connectivity index (χ1v) is 10.8. The zero-order valence-corrected chi connectivity index (χ0v) is 17.8. The predicted molar refractivity (Wildman–Crippen MR) is 123 cm³/mol. The van der Waals surface area contributed by atoms with Crippen LogP contribution in [-0.4, -0.2) is 20.3 Å². The molecule has 0 aromatic heterocycles. The van der Waals surface area contributed by atoms with Gasteiger partial charge in [-0.1, -0.05) is 54.6 Å². The second-order valence-corrected chi connectivity index (χ2v) is 7.98. The Hall–Kier alpha value is -3.24. The quantitative estimate of drug-likeness (QED) is 0.610. The third kappa shape index (κ3) is 4.30. The average Bonchev–Trinajstić information content (AvgIpc) is 3.29. The van der Waals surface area contributed by atoms with Crippen LogP contribution in [0, 0.1) is 0 Å². The van der Waals surface area contributed by atoms with Gasteiger partial charge in [-0.25, -0.2) is 0 Å². The zero-order chi connectivity index (χ0) is 21.0. The van der Waals surface area contributed by atoms with Crippen LogP contribution in [0.3, 0.4) is 0 Å². The highest BCUT2D eigenvalue weighted by atomic mass is 16.5. The molecule has 0 spiro atoms. The van der Waals surface area contributed by atoms with Crippen molar-refractivity contribution in [2.24, 2.45) is 0 Å². The number of benzene rings is 3. The maximum atomic E-state index is 6.11. The van der Waals surface area contributed by atoms with E-state index in [0.717, 1.165) is 54.4 Å². The topological polar surface area (TPSA) is 39.7 Å². The lowest BCUT2D eigenvalue weighted by Crippen LogP contribution is -2.28. The number of methoxy groups -OCH3 is 1. The van der Waals surface area contributed by atoms with E-state index in [0.29, 0.717) is 6.61 Å². The van der Waals surface area contributed by atoms with Crippen LogP contribution < -0.4 is 19.5 Å². The fourth-order valence-electron chi connectivity index (χ4n) is 4.27. The highest BCUT2D eigenvalue weighted by Gasteiger charge is 2.21. The molecule has 1 N–H and O–H groups in total. The van der Waals surface area contributed by atoms with E-state index < -0.39 is 0 Å². The van der Waals surface area contributed by atoms with Crippen LogP contribution >= 0.6 is 0 Å². The lowest BCUT2D eigenvalue weighted by atomic mass is 9.93. The Balaban J connectivity index is 1.37. The van der Waals surface area contributed by atoms with Gasteiger partial charge in [0.05, 0.1) is 19.8 Å². The van der Waals surface area contributed by atoms with Gasteiger partial charge in [-0.2, -0.15) is 0 Å². The second-order valence-electron chi connectivity index (χ2n) is 7.98. The average molecular weight is 414 g/mol. The molecule has 158 valence electrons. The normalized spacial score (nSPS) is 17.1. The molecule has 0 amide bonds. The third-order valence-corrected chi connectivity index (χ3v) is 5.96. The first-order chi connectivity index (χ1) is 15.3. The minimum Gasteiger partial charge on any atom is -0.493 e. The summed E-state index contributed by atoms with van der Waals surface area (Å²) in [5.41, 5.74) is 6.14. The molecule has 3 aromatic carbocycles. The SMILES string of the molecule is COc1cc2c(cc1OCc1ccccc1)CCNC2/C=C/c1ccc2c(c1)OCC2. The summed E-state index contributed by atoms with van der Waals surface area (Å²) >= 11 is 0. The van der Waals surface area contributed by atoms with Crippen LogP contribution in [0.1, 0.15) is 33.9 Å². The second kappa shape index (κ2) is 8.86. The molecule has 2 heterocycles. The number of fused-ring (bicyclic) bond motifs is 2. The number of hydrogen-bond donors (Lipinski definition) is 1. The Kier molecular flexibility index (Phi) is 5.63. The van der Waals surface area contributed by atoms with E-state index in [1.54, 1.807) is 7.11 Å². The van der Waals surface area contributed by atoms with Gasteiger partial charge < -0.3 is 19.5 Å². The highest BCUT2D eigenvalue weighted by Crippen LogP contribution is 2.36. The maximum Gasteiger partial charge on any atom is 0.161 e. The van der Waals surface area contributed by atoms with Gasteiger partial charge in [0.2, 0.25) is 0 Å². The summed E-state index contributed by atoms with van der Waals surface area (Å²) < 4.78 is 17.5. The number of hydrogen-bond acceptors (Lipinski definition) is 4. The van der Waals surface area contributed by atoms with E-state index in [1.807, 2.05) is 18.2 Å². The van der Waals surface area contributed by atoms with E-state index in [1.165, 1.54) is 16.7 Å². The van der Waals surface area contributed by atoms with E-state index >= 15 is 0 Å². The molecule has 0 saturated heterocycles. The summed E-state index contributed by atoms with van der Waals surface area (Å²) in [5.74, 6) is 2.58. The van der Waals surface area contributed by atoms with Crippen molar-refractivity contribution in [3.8, 4) is 17.2 Å². The largest absolute Gasteiger partial charge is 0.493 e. The summed E-state index contributed by atoms with van der Waals surface area (Å²) in [6.07, 6.45) is 6.36. The number of nitrogens with one attached hydrogen (secondary N) is 1. The van der Waals surface area contributed by atoms with Crippen LogP contribution in [0.2, 0.25) is 0 Å². The fourth-order valence-corrected chi connectivity index (χ4v) is 4.27. The zero-order valence-electron chi connectivity index (χ0n) is 17.8. The van der Waals surface area contributed by atoms with Crippen LogP contribution in [0.5, 0.6) is 17.2 Å². The first-order valence-electron chi connectivity index (χ1n) is 10.8. The molecule has 4 nitrogen and oxygen atoms in total. The Bertz CT molecular complexity index is 1090. The minimum atomic E-state index is 0.134. The Labute approximate surface area is 183 Å². The van der Waals surface area contributed by atoms with E-state index in [-0.39, 0.29) is 6.04 Å². The highest BCUT2D eigenvalue weighted by molar-refractivity contribution is 5.57. The molecule has 0 aliphatic carbocycles. The van der Waals surface area contributed by atoms with Crippen molar-refractivity contribution in [3.05, 3.63) is 94.6 Å². The van der Waals surface area contributed by atoms with E-state index in [9.17, 15) is 0 Å². The molecule has 1 unspecified atom stereocenters. The lowest BCUT2D eigenvalue weighted by Gasteiger charge is -2.26. The summed E-state index contributed by atoms with van der Waals surface area (Å²) in [7, 11) is 1.70. The molecular formula is C27H27NO3. The third-order valence-electron chi connectivity index (χ3n) is 5.96. The van der Waals surface area contributed by atoms with Crippen molar-refractivity contribution in [3.63, 3.8) is 0 Å². The van der Waals surface area contributed by atoms with E-state index in [4.69, 9.17) is 14.2 Å². The predicted octanol–water partition coefficient (Wildman–Crippen LogP) is 5.11. The van der Waals surface area contributed by atoms with Crippen LogP contribution in [0.25, 0.3) is 6.08 Å². The monoisotopic (exact) mass is 413 g/mol. The lowest BCUT2D eigenvalue weighted by molar-refractivity contribution is 0.283. The van der Waals surface area contributed by atoms with Gasteiger partial charge in [-0.05, 0) is 52.4 Å². The Morgan fingerprint density at radius 3 is 2.77 bits per heavy atom. The van der Waals surface area contributed by atoms with Crippen molar-refractivity contribution in [1.82, 2.24) is 5.32 Å². The maximum absolute atomic E-state index is 6.11. The molecule has 4 heteroatoms. The Morgan fingerprint density at radius 1 is 1.00 bits per heavy atom. The van der Waals surface area contributed by atoms with Crippen LogP contribution in [-0.2, 0) is 19.4 Å². The van der Waals surface area contributed by atoms with Gasteiger partial charge in [0.15, 0.2) is 11.5 Å². The summed E-state index contributed by atoms with van der Waals surface area (Å²) in [5, 5.41) is 3.61. The van der Waals surface area contributed by atoms with Gasteiger partial charge in [0.1, 0.15) is 12.4 Å². The summed E-state index contributed by atoms with van der Waals surface area (Å²) in [4.78, 5) is 0.